The van der Waals surface area contributed by atoms with Gasteiger partial charge in [-0.2, -0.15) is 17.5 Å². The number of alkyl halides is 3. The van der Waals surface area contributed by atoms with Crippen molar-refractivity contribution in [2.24, 2.45) is 0 Å². The molecule has 4 rings (SSSR count). The molecule has 0 aliphatic carbocycles. The summed E-state index contributed by atoms with van der Waals surface area (Å²) in [6.45, 7) is 2.31. The zero-order valence-corrected chi connectivity index (χ0v) is 18.8. The van der Waals surface area contributed by atoms with Crippen LogP contribution in [0.2, 0.25) is 0 Å². The van der Waals surface area contributed by atoms with Gasteiger partial charge in [0.25, 0.3) is 0 Å². The van der Waals surface area contributed by atoms with Crippen molar-refractivity contribution in [3.8, 4) is 17.2 Å². The van der Waals surface area contributed by atoms with Gasteiger partial charge in [-0.25, -0.2) is 8.42 Å². The minimum Gasteiger partial charge on any atom is -0.496 e. The minimum absolute atomic E-state index is 0.0875. The molecule has 33 heavy (non-hydrogen) atoms. The Kier molecular flexibility index (Phi) is 6.19. The maximum absolute atomic E-state index is 13.2. The first-order valence-electron chi connectivity index (χ1n) is 10.3. The molecule has 7 nitrogen and oxygen atoms in total. The Morgan fingerprint density at radius 2 is 1.85 bits per heavy atom. The van der Waals surface area contributed by atoms with Gasteiger partial charge in [-0.05, 0) is 67.8 Å². The van der Waals surface area contributed by atoms with E-state index in [9.17, 15) is 21.6 Å². The lowest BCUT2D eigenvalue weighted by atomic mass is 10.00. The molecule has 176 valence electrons. The van der Waals surface area contributed by atoms with Gasteiger partial charge < -0.3 is 9.15 Å². The Morgan fingerprint density at radius 1 is 1.12 bits per heavy atom. The van der Waals surface area contributed by atoms with Crippen molar-refractivity contribution >= 4 is 10.0 Å². The summed E-state index contributed by atoms with van der Waals surface area (Å²) in [5, 5.41) is 7.99. The molecule has 1 atom stereocenters. The molecule has 0 radical (unpaired) electrons. The van der Waals surface area contributed by atoms with Crippen LogP contribution in [0.4, 0.5) is 13.2 Å². The average Bonchev–Trinajstić information content (AvgIpc) is 3.29. The lowest BCUT2D eigenvalue weighted by molar-refractivity contribution is -0.137. The second kappa shape index (κ2) is 8.79. The Bertz CT molecular complexity index is 1240. The minimum atomic E-state index is -4.43. The highest BCUT2D eigenvalue weighted by atomic mass is 32.2. The molecular weight excluding hydrogens is 459 g/mol. The van der Waals surface area contributed by atoms with Gasteiger partial charge in [-0.1, -0.05) is 0 Å². The molecule has 0 saturated carbocycles. The number of methoxy groups -OCH3 is 1. The molecule has 1 fully saturated rings. The summed E-state index contributed by atoms with van der Waals surface area (Å²) in [5.41, 5.74) is 0.300. The largest absolute Gasteiger partial charge is 0.496 e. The van der Waals surface area contributed by atoms with Gasteiger partial charge in [0.15, 0.2) is 0 Å². The molecule has 2 heterocycles. The molecular formula is C22H22F3N3O4S. The van der Waals surface area contributed by atoms with Crippen molar-refractivity contribution < 1.29 is 30.7 Å². The SMILES string of the molecule is COc1ccc(S(=O)(=O)N2CCCC(c3nnc(-c4ccc(C(F)(F)F)cc4)o3)C2)cc1C. The number of ether oxygens (including phenoxy) is 1. The summed E-state index contributed by atoms with van der Waals surface area (Å²) in [7, 11) is -2.21. The molecule has 0 N–H and O–H groups in total. The molecule has 0 spiro atoms. The fourth-order valence-corrected chi connectivity index (χ4v) is 5.45. The second-order valence-corrected chi connectivity index (χ2v) is 9.79. The number of hydrogen-bond acceptors (Lipinski definition) is 6. The predicted octanol–water partition coefficient (Wildman–Crippen LogP) is 4.64. The third-order valence-corrected chi connectivity index (χ3v) is 7.50. The Balaban J connectivity index is 1.52. The van der Waals surface area contributed by atoms with Gasteiger partial charge in [0.05, 0.1) is 23.5 Å². The van der Waals surface area contributed by atoms with E-state index >= 15 is 0 Å². The van der Waals surface area contributed by atoms with Crippen LogP contribution in [-0.4, -0.2) is 43.1 Å². The molecule has 3 aromatic rings. The lowest BCUT2D eigenvalue weighted by Crippen LogP contribution is -2.39. The van der Waals surface area contributed by atoms with Gasteiger partial charge in [0, 0.05) is 18.7 Å². The summed E-state index contributed by atoms with van der Waals surface area (Å²) < 4.78 is 77.0. The maximum Gasteiger partial charge on any atom is 0.416 e. The first-order valence-corrected chi connectivity index (χ1v) is 11.7. The van der Waals surface area contributed by atoms with Crippen molar-refractivity contribution in [1.82, 2.24) is 14.5 Å². The van der Waals surface area contributed by atoms with E-state index in [1.54, 1.807) is 19.1 Å². The van der Waals surface area contributed by atoms with E-state index in [0.717, 1.165) is 12.1 Å². The van der Waals surface area contributed by atoms with Gasteiger partial charge >= 0.3 is 6.18 Å². The van der Waals surface area contributed by atoms with Crippen molar-refractivity contribution in [3.05, 3.63) is 59.5 Å². The number of aromatic nitrogens is 2. The normalized spacial score (nSPS) is 17.8. The van der Waals surface area contributed by atoms with Crippen LogP contribution in [0.1, 0.15) is 35.8 Å². The van der Waals surface area contributed by atoms with Gasteiger partial charge in [-0.3, -0.25) is 0 Å². The van der Waals surface area contributed by atoms with Crippen molar-refractivity contribution in [3.63, 3.8) is 0 Å². The number of nitrogens with zero attached hydrogens (tertiary/aromatic N) is 3. The first kappa shape index (κ1) is 23.2. The zero-order chi connectivity index (χ0) is 23.8. The van der Waals surface area contributed by atoms with Crippen LogP contribution >= 0.6 is 0 Å². The van der Waals surface area contributed by atoms with E-state index in [0.29, 0.717) is 36.3 Å². The number of sulfonamides is 1. The molecule has 0 bridgehead atoms. The van der Waals surface area contributed by atoms with Gasteiger partial charge in [0.1, 0.15) is 5.75 Å². The summed E-state index contributed by atoms with van der Waals surface area (Å²) in [4.78, 5) is 0.178. The van der Waals surface area contributed by atoms with E-state index in [1.807, 2.05) is 0 Å². The van der Waals surface area contributed by atoms with Crippen molar-refractivity contribution in [2.45, 2.75) is 36.8 Å². The highest BCUT2D eigenvalue weighted by Crippen LogP contribution is 2.34. The predicted molar refractivity (Wildman–Crippen MR) is 113 cm³/mol. The third-order valence-electron chi connectivity index (χ3n) is 5.64. The van der Waals surface area contributed by atoms with E-state index in [1.165, 1.54) is 29.6 Å². The van der Waals surface area contributed by atoms with E-state index < -0.39 is 21.8 Å². The second-order valence-electron chi connectivity index (χ2n) is 7.85. The molecule has 1 unspecified atom stereocenters. The van der Waals surface area contributed by atoms with E-state index in [2.05, 4.69) is 10.2 Å². The first-order chi connectivity index (χ1) is 15.6. The van der Waals surface area contributed by atoms with Crippen LogP contribution in [0.3, 0.4) is 0 Å². The Hall–Kier alpha value is -2.92. The van der Waals surface area contributed by atoms with Crippen molar-refractivity contribution in [1.29, 1.82) is 0 Å². The quantitative estimate of drug-likeness (QED) is 0.528. The molecule has 2 aromatic carbocycles. The van der Waals surface area contributed by atoms with Crippen LogP contribution < -0.4 is 4.74 Å². The number of benzene rings is 2. The van der Waals surface area contributed by atoms with Crippen LogP contribution in [0.15, 0.2) is 51.8 Å². The molecule has 1 aliphatic rings. The number of halogens is 3. The number of piperidine rings is 1. The van der Waals surface area contributed by atoms with Crippen molar-refractivity contribution in [2.75, 3.05) is 20.2 Å². The molecule has 1 aromatic heterocycles. The molecule has 1 aliphatic heterocycles. The lowest BCUT2D eigenvalue weighted by Gasteiger charge is -2.30. The fraction of sp³-hybridized carbons (Fsp3) is 0.364. The number of rotatable bonds is 5. The van der Waals surface area contributed by atoms with E-state index in [-0.39, 0.29) is 29.1 Å². The van der Waals surface area contributed by atoms with Gasteiger partial charge in [0.2, 0.25) is 21.8 Å². The van der Waals surface area contributed by atoms with Crippen LogP contribution in [0.5, 0.6) is 5.75 Å². The maximum atomic E-state index is 13.2. The summed E-state index contributed by atoms with van der Waals surface area (Å²) in [5.74, 6) is 0.635. The van der Waals surface area contributed by atoms with Crippen LogP contribution in [0.25, 0.3) is 11.5 Å². The van der Waals surface area contributed by atoms with Crippen LogP contribution in [0, 0.1) is 6.92 Å². The monoisotopic (exact) mass is 481 g/mol. The van der Waals surface area contributed by atoms with E-state index in [4.69, 9.17) is 9.15 Å². The standard InChI is InChI=1S/C22H22F3N3O4S/c1-14-12-18(9-10-19(14)31-2)33(29,30)28-11-3-4-16(13-28)21-27-26-20(32-21)15-5-7-17(8-6-15)22(23,24)25/h5-10,12,16H,3-4,11,13H2,1-2H3. The zero-order valence-electron chi connectivity index (χ0n) is 18.0. The topological polar surface area (TPSA) is 85.5 Å². The fourth-order valence-electron chi connectivity index (χ4n) is 3.84. The number of hydrogen-bond donors (Lipinski definition) is 0. The highest BCUT2D eigenvalue weighted by Gasteiger charge is 2.34. The van der Waals surface area contributed by atoms with Crippen LogP contribution in [-0.2, 0) is 16.2 Å². The smallest absolute Gasteiger partial charge is 0.416 e. The average molecular weight is 481 g/mol. The molecule has 0 amide bonds. The number of aryl methyl sites for hydroxylation is 1. The summed E-state index contributed by atoms with van der Waals surface area (Å²) >= 11 is 0. The Morgan fingerprint density at radius 3 is 2.48 bits per heavy atom. The Labute approximate surface area is 189 Å². The summed E-state index contributed by atoms with van der Waals surface area (Å²) in [6.07, 6.45) is -3.17. The third kappa shape index (κ3) is 4.74. The summed E-state index contributed by atoms with van der Waals surface area (Å²) in [6, 6.07) is 9.15. The highest BCUT2D eigenvalue weighted by molar-refractivity contribution is 7.89. The van der Waals surface area contributed by atoms with Gasteiger partial charge in [-0.15, -0.1) is 10.2 Å². The molecule has 1 saturated heterocycles. The molecule has 11 heteroatoms.